The normalized spacial score (nSPS) is 11.8. The third-order valence-corrected chi connectivity index (χ3v) is 5.65. The van der Waals surface area contributed by atoms with Crippen molar-refractivity contribution in [1.29, 1.82) is 0 Å². The number of benzene rings is 3. The molecule has 2 amide bonds. The van der Waals surface area contributed by atoms with Gasteiger partial charge < -0.3 is 10.6 Å². The van der Waals surface area contributed by atoms with Crippen molar-refractivity contribution in [2.45, 2.75) is 33.2 Å². The highest BCUT2D eigenvalue weighted by atomic mass is 19.1. The van der Waals surface area contributed by atoms with Crippen LogP contribution in [0.2, 0.25) is 0 Å². The minimum atomic E-state index is -0.853. The summed E-state index contributed by atoms with van der Waals surface area (Å²) in [4.78, 5) is 43.6. The van der Waals surface area contributed by atoms with E-state index in [0.717, 1.165) is 5.56 Å². The van der Waals surface area contributed by atoms with Crippen LogP contribution >= 0.6 is 0 Å². The third-order valence-electron chi connectivity index (χ3n) is 5.65. The molecule has 8 heteroatoms. The molecule has 4 rings (SSSR count). The maximum Gasteiger partial charge on any atom is 0.278 e. The smallest absolute Gasteiger partial charge is 0.278 e. The Morgan fingerprint density at radius 2 is 1.74 bits per heavy atom. The second-order valence-corrected chi connectivity index (χ2v) is 8.27. The van der Waals surface area contributed by atoms with Gasteiger partial charge >= 0.3 is 0 Å². The molecule has 0 aliphatic rings. The number of carbonyl (C=O) groups is 2. The molecular formula is C27H25FN4O3. The molecule has 4 aromatic rings. The molecule has 1 aromatic heterocycles. The summed E-state index contributed by atoms with van der Waals surface area (Å²) in [5.41, 5.74) is 2.95. The van der Waals surface area contributed by atoms with Crippen molar-refractivity contribution < 1.29 is 14.0 Å². The number of halogens is 1. The van der Waals surface area contributed by atoms with Crippen LogP contribution in [0.3, 0.4) is 0 Å². The van der Waals surface area contributed by atoms with Gasteiger partial charge in [-0.3, -0.25) is 19.0 Å². The first kappa shape index (κ1) is 23.8. The highest BCUT2D eigenvalue weighted by molar-refractivity contribution is 5.96. The number of nitrogens with one attached hydrogen (secondary N) is 2. The second-order valence-electron chi connectivity index (χ2n) is 8.27. The lowest BCUT2D eigenvalue weighted by Crippen LogP contribution is -2.34. The summed E-state index contributed by atoms with van der Waals surface area (Å²) >= 11 is 0. The zero-order chi connectivity index (χ0) is 25.1. The molecule has 0 aliphatic carbocycles. The number of aryl methyl sites for hydroxylation is 1. The number of fused-ring (bicyclic) bond motifs is 1. The number of hydrogen-bond donors (Lipinski definition) is 2. The van der Waals surface area contributed by atoms with Gasteiger partial charge in [-0.05, 0) is 61.9 Å². The van der Waals surface area contributed by atoms with Gasteiger partial charge in [0.15, 0.2) is 0 Å². The molecule has 0 radical (unpaired) electrons. The Kier molecular flexibility index (Phi) is 6.73. The summed E-state index contributed by atoms with van der Waals surface area (Å²) in [6.45, 7) is 5.08. The number of aromatic nitrogens is 2. The largest absolute Gasteiger partial charge is 0.326 e. The number of rotatable bonds is 6. The molecule has 0 unspecified atom stereocenters. The molecule has 0 fully saturated rings. The molecule has 35 heavy (non-hydrogen) atoms. The summed E-state index contributed by atoms with van der Waals surface area (Å²) in [5.74, 6) is -1.10. The monoisotopic (exact) mass is 472 g/mol. The summed E-state index contributed by atoms with van der Waals surface area (Å²) in [7, 11) is 0. The number of hydrogen-bond acceptors (Lipinski definition) is 4. The van der Waals surface area contributed by atoms with Gasteiger partial charge in [0.25, 0.3) is 5.56 Å². The number of amides is 2. The molecular weight excluding hydrogens is 447 g/mol. The second kappa shape index (κ2) is 9.89. The molecule has 7 nitrogen and oxygen atoms in total. The minimum Gasteiger partial charge on any atom is -0.326 e. The van der Waals surface area contributed by atoms with Crippen LogP contribution in [0, 0.1) is 12.7 Å². The van der Waals surface area contributed by atoms with Gasteiger partial charge in [0, 0.05) is 18.2 Å². The van der Waals surface area contributed by atoms with E-state index in [1.807, 2.05) is 19.9 Å². The van der Waals surface area contributed by atoms with Crippen LogP contribution in [0.1, 0.15) is 31.9 Å². The minimum absolute atomic E-state index is 0.129. The Labute approximate surface area is 201 Å². The lowest BCUT2D eigenvalue weighted by Gasteiger charge is -2.21. The molecule has 2 N–H and O–H groups in total. The van der Waals surface area contributed by atoms with Crippen molar-refractivity contribution in [2.24, 2.45) is 0 Å². The van der Waals surface area contributed by atoms with Gasteiger partial charge in [-0.25, -0.2) is 9.37 Å². The molecule has 178 valence electrons. The quantitative estimate of drug-likeness (QED) is 0.410. The van der Waals surface area contributed by atoms with Crippen LogP contribution in [0.4, 0.5) is 15.8 Å². The van der Waals surface area contributed by atoms with E-state index in [-0.39, 0.29) is 11.6 Å². The van der Waals surface area contributed by atoms with Gasteiger partial charge in [-0.2, -0.15) is 0 Å². The Morgan fingerprint density at radius 1 is 1.03 bits per heavy atom. The van der Waals surface area contributed by atoms with Crippen molar-refractivity contribution in [3.05, 3.63) is 88.5 Å². The van der Waals surface area contributed by atoms with Crippen molar-refractivity contribution in [1.82, 2.24) is 9.55 Å². The van der Waals surface area contributed by atoms with Crippen molar-refractivity contribution in [3.8, 4) is 11.3 Å². The fourth-order valence-electron chi connectivity index (χ4n) is 4.04. The molecule has 1 atom stereocenters. The summed E-state index contributed by atoms with van der Waals surface area (Å²) in [6, 6.07) is 17.0. The van der Waals surface area contributed by atoms with Crippen LogP contribution < -0.4 is 16.2 Å². The Hall–Kier alpha value is -4.33. The van der Waals surface area contributed by atoms with E-state index >= 15 is 0 Å². The van der Waals surface area contributed by atoms with Crippen LogP contribution in [0.5, 0.6) is 0 Å². The van der Waals surface area contributed by atoms with Gasteiger partial charge in [0.1, 0.15) is 17.6 Å². The lowest BCUT2D eigenvalue weighted by atomic mass is 10.0. The average Bonchev–Trinajstić information content (AvgIpc) is 2.83. The molecule has 0 bridgehead atoms. The van der Waals surface area contributed by atoms with Gasteiger partial charge in [-0.15, -0.1) is 0 Å². The van der Waals surface area contributed by atoms with E-state index in [1.54, 1.807) is 36.4 Å². The topological polar surface area (TPSA) is 93.1 Å². The summed E-state index contributed by atoms with van der Waals surface area (Å²) < 4.78 is 14.7. The number of nitrogens with zero attached hydrogens (tertiary/aromatic N) is 2. The number of anilines is 2. The Balaban J connectivity index is 1.90. The maximum absolute atomic E-state index is 13.9. The molecule has 3 aromatic carbocycles. The first-order chi connectivity index (χ1) is 16.8. The predicted octanol–water partition coefficient (Wildman–Crippen LogP) is 5.06. The third kappa shape index (κ3) is 4.96. The predicted molar refractivity (Wildman–Crippen MR) is 135 cm³/mol. The maximum atomic E-state index is 13.9. The van der Waals surface area contributed by atoms with E-state index in [2.05, 4.69) is 15.6 Å². The van der Waals surface area contributed by atoms with E-state index < -0.39 is 23.3 Å². The standard InChI is InChI=1S/C27H25FN4O3/c1-4-23(26(34)30-19-12-10-18(28)11-13-19)32-24-8-6-5-7-22(24)31-25(27(32)35)20-15-16(2)9-14-21(20)29-17(3)33/h5-15,23H,4H2,1-3H3,(H,29,33)(H,30,34)/t23-/m1/s1. The first-order valence-electron chi connectivity index (χ1n) is 11.2. The molecule has 0 spiro atoms. The van der Waals surface area contributed by atoms with Crippen LogP contribution in [-0.2, 0) is 9.59 Å². The highest BCUT2D eigenvalue weighted by Crippen LogP contribution is 2.29. The average molecular weight is 473 g/mol. The van der Waals surface area contributed by atoms with Crippen molar-refractivity contribution in [2.75, 3.05) is 10.6 Å². The van der Waals surface area contributed by atoms with Gasteiger partial charge in [0.05, 0.1) is 16.7 Å². The lowest BCUT2D eigenvalue weighted by molar-refractivity contribution is -0.119. The highest BCUT2D eigenvalue weighted by Gasteiger charge is 2.25. The summed E-state index contributed by atoms with van der Waals surface area (Å²) in [5, 5.41) is 5.53. The molecule has 1 heterocycles. The number of para-hydroxylation sites is 2. The number of carbonyl (C=O) groups excluding carboxylic acids is 2. The Bertz CT molecular complexity index is 1480. The van der Waals surface area contributed by atoms with Crippen LogP contribution in [0.25, 0.3) is 22.3 Å². The fraction of sp³-hybridized carbons (Fsp3) is 0.185. The van der Waals surface area contributed by atoms with E-state index in [1.165, 1.54) is 35.8 Å². The van der Waals surface area contributed by atoms with E-state index in [0.29, 0.717) is 34.4 Å². The zero-order valence-electron chi connectivity index (χ0n) is 19.6. The zero-order valence-corrected chi connectivity index (χ0v) is 19.6. The van der Waals surface area contributed by atoms with E-state index in [4.69, 9.17) is 0 Å². The van der Waals surface area contributed by atoms with Crippen LogP contribution in [0.15, 0.2) is 71.5 Å². The first-order valence-corrected chi connectivity index (χ1v) is 11.2. The molecule has 0 saturated carbocycles. The summed E-state index contributed by atoms with van der Waals surface area (Å²) in [6.07, 6.45) is 0.326. The van der Waals surface area contributed by atoms with Gasteiger partial charge in [0.2, 0.25) is 11.8 Å². The van der Waals surface area contributed by atoms with E-state index in [9.17, 15) is 18.8 Å². The van der Waals surface area contributed by atoms with Gasteiger partial charge in [-0.1, -0.05) is 30.7 Å². The van der Waals surface area contributed by atoms with Crippen molar-refractivity contribution >= 4 is 34.2 Å². The Morgan fingerprint density at radius 3 is 2.43 bits per heavy atom. The van der Waals surface area contributed by atoms with Crippen molar-refractivity contribution in [3.63, 3.8) is 0 Å². The fourth-order valence-corrected chi connectivity index (χ4v) is 4.04. The molecule has 0 saturated heterocycles. The molecule has 0 aliphatic heterocycles. The SMILES string of the molecule is CC[C@H](C(=O)Nc1ccc(F)cc1)n1c(=O)c(-c2cc(C)ccc2NC(C)=O)nc2ccccc21. The van der Waals surface area contributed by atoms with Crippen LogP contribution in [-0.4, -0.2) is 21.4 Å².